The van der Waals surface area contributed by atoms with Crippen molar-refractivity contribution in [1.82, 2.24) is 10.3 Å². The maximum Gasteiger partial charge on any atom is 0.230 e. The van der Waals surface area contributed by atoms with Gasteiger partial charge in [-0.2, -0.15) is 0 Å². The van der Waals surface area contributed by atoms with Gasteiger partial charge in [0.1, 0.15) is 0 Å². The van der Waals surface area contributed by atoms with Gasteiger partial charge in [-0.25, -0.2) is 8.99 Å². The van der Waals surface area contributed by atoms with E-state index in [2.05, 4.69) is 14.7 Å². The second kappa shape index (κ2) is 4.76. The van der Waals surface area contributed by atoms with Gasteiger partial charge in [0.2, 0.25) is 5.82 Å². The van der Waals surface area contributed by atoms with Crippen LogP contribution in [0.2, 0.25) is 5.02 Å². The van der Waals surface area contributed by atoms with Gasteiger partial charge in [0.15, 0.2) is 5.69 Å². The Morgan fingerprint density at radius 1 is 1.19 bits per heavy atom. The normalized spacial score (nSPS) is 10.8. The fourth-order valence-corrected chi connectivity index (χ4v) is 1.80. The molecular weight excluding hydrogens is 246 g/mol. The van der Waals surface area contributed by atoms with Crippen LogP contribution in [0.5, 0.6) is 0 Å². The molecule has 1 aromatic heterocycles. The van der Waals surface area contributed by atoms with Gasteiger partial charge in [-0.1, -0.05) is 34.4 Å². The molecule has 0 aliphatic carbocycles. The SMILES string of the molecule is CS(C)=Nc1nonc1-c1ccc(Cl)cc1. The maximum atomic E-state index is 5.82. The first-order chi connectivity index (χ1) is 7.66. The topological polar surface area (TPSA) is 51.3 Å². The summed E-state index contributed by atoms with van der Waals surface area (Å²) in [6, 6.07) is 7.33. The van der Waals surface area contributed by atoms with E-state index in [0.29, 0.717) is 16.5 Å². The monoisotopic (exact) mass is 255 g/mol. The number of nitrogens with zero attached hydrogens (tertiary/aromatic N) is 3. The second-order valence-electron chi connectivity index (χ2n) is 3.31. The van der Waals surface area contributed by atoms with Crippen molar-refractivity contribution in [2.45, 2.75) is 0 Å². The van der Waals surface area contributed by atoms with Crippen LogP contribution >= 0.6 is 11.6 Å². The van der Waals surface area contributed by atoms with Crippen molar-refractivity contribution in [1.29, 1.82) is 0 Å². The lowest BCUT2D eigenvalue weighted by molar-refractivity contribution is 0.310. The molecule has 0 unspecified atom stereocenters. The molecule has 0 N–H and O–H groups in total. The van der Waals surface area contributed by atoms with Crippen molar-refractivity contribution >= 4 is 28.1 Å². The molecule has 4 nitrogen and oxygen atoms in total. The molecule has 6 heteroatoms. The largest absolute Gasteiger partial charge is 0.242 e. The summed E-state index contributed by atoms with van der Waals surface area (Å²) in [4.78, 5) is 0. The van der Waals surface area contributed by atoms with E-state index in [4.69, 9.17) is 16.2 Å². The van der Waals surface area contributed by atoms with Gasteiger partial charge in [-0.05, 0) is 35.0 Å². The van der Waals surface area contributed by atoms with Crippen LogP contribution < -0.4 is 0 Å². The first kappa shape index (κ1) is 11.3. The molecule has 0 aliphatic heterocycles. The summed E-state index contributed by atoms with van der Waals surface area (Å²) in [5.41, 5.74) is 1.55. The summed E-state index contributed by atoms with van der Waals surface area (Å²) >= 11 is 5.82. The summed E-state index contributed by atoms with van der Waals surface area (Å²) in [7, 11) is -0.0969. The Labute approximate surface area is 101 Å². The summed E-state index contributed by atoms with van der Waals surface area (Å²) in [5.74, 6) is 0.538. The molecule has 0 saturated heterocycles. The molecule has 0 aliphatic rings. The number of benzene rings is 1. The predicted octanol–water partition coefficient (Wildman–Crippen LogP) is 3.08. The number of halogens is 1. The fourth-order valence-electron chi connectivity index (χ4n) is 1.21. The molecule has 0 bridgehead atoms. The highest BCUT2D eigenvalue weighted by Gasteiger charge is 2.11. The van der Waals surface area contributed by atoms with Crippen molar-refractivity contribution in [2.24, 2.45) is 4.36 Å². The molecular formula is C10H10ClN3OS. The Kier molecular flexibility index (Phi) is 3.36. The average Bonchev–Trinajstić information content (AvgIpc) is 2.66. The Bertz CT molecular complexity index is 517. The maximum absolute atomic E-state index is 5.82. The van der Waals surface area contributed by atoms with Gasteiger partial charge in [0.05, 0.1) is 0 Å². The highest BCUT2D eigenvalue weighted by Crippen LogP contribution is 2.27. The molecule has 1 aromatic carbocycles. The standard InChI is InChI=1S/C10H10ClN3OS/c1-16(2)14-10-9(12-15-13-10)7-3-5-8(11)6-4-7/h3-6H,1-2H3. The molecule has 0 atom stereocenters. The molecule has 0 spiro atoms. The predicted molar refractivity (Wildman–Crippen MR) is 66.0 cm³/mol. The minimum atomic E-state index is -0.0969. The first-order valence-electron chi connectivity index (χ1n) is 4.55. The van der Waals surface area contributed by atoms with E-state index in [1.54, 1.807) is 12.1 Å². The van der Waals surface area contributed by atoms with Crippen LogP contribution in [0.25, 0.3) is 11.3 Å². The van der Waals surface area contributed by atoms with Crippen molar-refractivity contribution in [3.05, 3.63) is 29.3 Å². The molecule has 0 saturated carbocycles. The van der Waals surface area contributed by atoms with Crippen molar-refractivity contribution in [2.75, 3.05) is 12.5 Å². The van der Waals surface area contributed by atoms with E-state index in [-0.39, 0.29) is 10.7 Å². The van der Waals surface area contributed by atoms with Gasteiger partial charge in [0, 0.05) is 10.6 Å². The zero-order valence-electron chi connectivity index (χ0n) is 8.85. The second-order valence-corrected chi connectivity index (χ2v) is 5.47. The van der Waals surface area contributed by atoms with Crippen LogP contribution in [0.3, 0.4) is 0 Å². The van der Waals surface area contributed by atoms with Crippen LogP contribution in [0.1, 0.15) is 0 Å². The number of aromatic nitrogens is 2. The van der Waals surface area contributed by atoms with E-state index >= 15 is 0 Å². The summed E-state index contributed by atoms with van der Waals surface area (Å²) < 4.78 is 9.05. The average molecular weight is 256 g/mol. The molecule has 2 aromatic rings. The smallest absolute Gasteiger partial charge is 0.230 e. The number of hydrogen-bond acceptors (Lipinski definition) is 4. The van der Waals surface area contributed by atoms with Gasteiger partial charge in [0.25, 0.3) is 0 Å². The highest BCUT2D eigenvalue weighted by molar-refractivity contribution is 7.85. The summed E-state index contributed by atoms with van der Waals surface area (Å²) in [6.07, 6.45) is 4.00. The molecule has 16 heavy (non-hydrogen) atoms. The van der Waals surface area contributed by atoms with E-state index in [9.17, 15) is 0 Å². The highest BCUT2D eigenvalue weighted by atomic mass is 35.5. The van der Waals surface area contributed by atoms with Crippen LogP contribution in [-0.4, -0.2) is 22.8 Å². The summed E-state index contributed by atoms with van der Waals surface area (Å²) in [5, 5.41) is 8.31. The Balaban J connectivity index is 2.44. The lowest BCUT2D eigenvalue weighted by atomic mass is 10.1. The van der Waals surface area contributed by atoms with E-state index < -0.39 is 0 Å². The van der Waals surface area contributed by atoms with Crippen molar-refractivity contribution < 1.29 is 4.63 Å². The van der Waals surface area contributed by atoms with Crippen LogP contribution in [0.15, 0.2) is 33.3 Å². The third-order valence-electron chi connectivity index (χ3n) is 1.86. The van der Waals surface area contributed by atoms with E-state index in [1.807, 2.05) is 24.6 Å². The Hall–Kier alpha value is -1.20. The molecule has 2 rings (SSSR count). The number of hydrogen-bond donors (Lipinski definition) is 0. The van der Waals surface area contributed by atoms with Crippen molar-refractivity contribution in [3.8, 4) is 11.3 Å². The molecule has 0 fully saturated rings. The van der Waals surface area contributed by atoms with Crippen LogP contribution in [-0.2, 0) is 10.7 Å². The van der Waals surface area contributed by atoms with Gasteiger partial charge >= 0.3 is 0 Å². The summed E-state index contributed by atoms with van der Waals surface area (Å²) in [6.45, 7) is 0. The molecule has 84 valence electrons. The van der Waals surface area contributed by atoms with Gasteiger partial charge < -0.3 is 0 Å². The Morgan fingerprint density at radius 3 is 2.50 bits per heavy atom. The minimum absolute atomic E-state index is 0.0969. The lowest BCUT2D eigenvalue weighted by Gasteiger charge is -1.96. The minimum Gasteiger partial charge on any atom is -0.242 e. The van der Waals surface area contributed by atoms with Gasteiger partial charge in [-0.15, -0.1) is 0 Å². The fraction of sp³-hybridized carbons (Fsp3) is 0.200. The van der Waals surface area contributed by atoms with Crippen LogP contribution in [0, 0.1) is 0 Å². The van der Waals surface area contributed by atoms with E-state index in [1.165, 1.54) is 0 Å². The van der Waals surface area contributed by atoms with Gasteiger partial charge in [-0.3, -0.25) is 0 Å². The zero-order valence-corrected chi connectivity index (χ0v) is 10.4. The van der Waals surface area contributed by atoms with Crippen LogP contribution in [0.4, 0.5) is 5.82 Å². The third-order valence-corrected chi connectivity index (χ3v) is 2.65. The molecule has 1 heterocycles. The lowest BCUT2D eigenvalue weighted by Crippen LogP contribution is -1.81. The zero-order chi connectivity index (χ0) is 11.5. The first-order valence-corrected chi connectivity index (χ1v) is 6.92. The van der Waals surface area contributed by atoms with Crippen molar-refractivity contribution in [3.63, 3.8) is 0 Å². The molecule has 0 radical (unpaired) electrons. The third kappa shape index (κ3) is 2.48. The Morgan fingerprint density at radius 2 is 1.88 bits per heavy atom. The number of rotatable bonds is 2. The quantitative estimate of drug-likeness (QED) is 0.829. The molecule has 0 amide bonds. The van der Waals surface area contributed by atoms with E-state index in [0.717, 1.165) is 5.56 Å².